The first-order valence-corrected chi connectivity index (χ1v) is 17.5. The molecule has 6 rings (SSSR count). The van der Waals surface area contributed by atoms with Crippen LogP contribution in [-0.4, -0.2) is 44.6 Å². The van der Waals surface area contributed by atoms with E-state index in [0.29, 0.717) is 36.1 Å². The van der Waals surface area contributed by atoms with Gasteiger partial charge in [0.05, 0.1) is 6.54 Å². The average molecular weight is 692 g/mol. The molecular formula is C40H49N7O4. The summed E-state index contributed by atoms with van der Waals surface area (Å²) in [5, 5.41) is 10.5. The fourth-order valence-corrected chi connectivity index (χ4v) is 5.74. The Morgan fingerprint density at radius 1 is 0.980 bits per heavy atom. The van der Waals surface area contributed by atoms with E-state index < -0.39 is 11.5 Å². The first-order chi connectivity index (χ1) is 24.7. The molecule has 0 aliphatic carbocycles. The second kappa shape index (κ2) is 17.7. The smallest absolute Gasteiger partial charge is 0.274 e. The van der Waals surface area contributed by atoms with Crippen LogP contribution in [0.2, 0.25) is 0 Å². The lowest BCUT2D eigenvalue weighted by molar-refractivity contribution is -0.123. The fraction of sp³-hybridized carbons (Fsp3) is 0.300. The van der Waals surface area contributed by atoms with Crippen LogP contribution in [0.1, 0.15) is 74.9 Å². The summed E-state index contributed by atoms with van der Waals surface area (Å²) in [7, 11) is 0. The number of amidine groups is 1. The lowest BCUT2D eigenvalue weighted by Gasteiger charge is -2.35. The van der Waals surface area contributed by atoms with Gasteiger partial charge >= 0.3 is 0 Å². The largest absolute Gasteiger partial charge is 0.483 e. The zero-order valence-electron chi connectivity index (χ0n) is 30.4. The molecule has 0 fully saturated rings. The number of benzene rings is 2. The maximum absolute atomic E-state index is 13.9. The number of amides is 2. The van der Waals surface area contributed by atoms with Gasteiger partial charge in [0, 0.05) is 48.4 Å². The highest BCUT2D eigenvalue weighted by Gasteiger charge is 2.33. The molecule has 2 amide bonds. The number of hydrazone groups is 1. The monoisotopic (exact) mass is 691 g/mol. The zero-order chi connectivity index (χ0) is 37.1. The van der Waals surface area contributed by atoms with Crippen molar-refractivity contribution in [1.29, 1.82) is 0 Å². The molecule has 0 saturated carbocycles. The summed E-state index contributed by atoms with van der Waals surface area (Å²) in [5.41, 5.74) is 6.02. The number of ether oxygens (including phenoxy) is 1. The molecule has 1 atom stereocenters. The predicted octanol–water partition coefficient (Wildman–Crippen LogP) is 5.95. The number of hydrogen-bond donors (Lipinski definition) is 3. The van der Waals surface area contributed by atoms with E-state index >= 15 is 0 Å². The van der Waals surface area contributed by atoms with E-state index in [1.165, 1.54) is 6.07 Å². The van der Waals surface area contributed by atoms with Crippen molar-refractivity contribution < 1.29 is 14.3 Å². The summed E-state index contributed by atoms with van der Waals surface area (Å²) in [5.74, 6) is 0.713. The van der Waals surface area contributed by atoms with Crippen molar-refractivity contribution in [3.8, 4) is 5.75 Å². The molecule has 2 aromatic carbocycles. The highest BCUT2D eigenvalue weighted by molar-refractivity contribution is 5.98. The van der Waals surface area contributed by atoms with Gasteiger partial charge in [-0.3, -0.25) is 24.7 Å². The third-order valence-electron chi connectivity index (χ3n) is 8.25. The molecule has 0 saturated heterocycles. The van der Waals surface area contributed by atoms with Crippen LogP contribution in [0.4, 0.5) is 0 Å². The average Bonchev–Trinajstić information content (AvgIpc) is 3.54. The van der Waals surface area contributed by atoms with Crippen molar-refractivity contribution >= 4 is 17.6 Å². The number of allylic oxidation sites excluding steroid dienone is 1. The zero-order valence-corrected chi connectivity index (χ0v) is 30.4. The molecule has 0 bridgehead atoms. The number of nitrogens with zero attached hydrogens (tertiary/aromatic N) is 4. The maximum atomic E-state index is 13.9. The van der Waals surface area contributed by atoms with Crippen LogP contribution < -0.4 is 26.2 Å². The summed E-state index contributed by atoms with van der Waals surface area (Å²) >= 11 is 0. The summed E-state index contributed by atoms with van der Waals surface area (Å²) in [6.45, 7) is 21.1. The molecule has 268 valence electrons. The number of fused-ring (bicyclic) bond motifs is 2. The predicted molar refractivity (Wildman–Crippen MR) is 202 cm³/mol. The molecule has 3 N–H and O–H groups in total. The molecule has 3 aromatic rings. The lowest BCUT2D eigenvalue weighted by Crippen LogP contribution is -2.46. The minimum absolute atomic E-state index is 0.0114. The van der Waals surface area contributed by atoms with Crippen molar-refractivity contribution in [3.05, 3.63) is 148 Å². The van der Waals surface area contributed by atoms with E-state index in [0.717, 1.165) is 16.7 Å². The Kier molecular flexibility index (Phi) is 13.2. The van der Waals surface area contributed by atoms with Crippen molar-refractivity contribution in [2.24, 2.45) is 5.10 Å². The molecule has 0 unspecified atom stereocenters. The Hall–Kier alpha value is -5.84. The van der Waals surface area contributed by atoms with E-state index in [2.05, 4.69) is 34.3 Å². The van der Waals surface area contributed by atoms with Gasteiger partial charge in [0.15, 0.2) is 17.3 Å². The number of carbonyl (C=O) groups excluding carboxylic acids is 2. The van der Waals surface area contributed by atoms with Crippen LogP contribution in [-0.2, 0) is 24.5 Å². The summed E-state index contributed by atoms with van der Waals surface area (Å²) in [6.07, 6.45) is 5.54. The van der Waals surface area contributed by atoms with Crippen molar-refractivity contribution in [3.63, 3.8) is 0 Å². The van der Waals surface area contributed by atoms with Gasteiger partial charge in [-0.25, -0.2) is 0 Å². The molecule has 4 heterocycles. The lowest BCUT2D eigenvalue weighted by atomic mass is 10.0. The summed E-state index contributed by atoms with van der Waals surface area (Å²) in [6, 6.07) is 19.4. The van der Waals surface area contributed by atoms with E-state index in [1.807, 2.05) is 121 Å². The van der Waals surface area contributed by atoms with Crippen LogP contribution in [0.3, 0.4) is 0 Å². The van der Waals surface area contributed by atoms with Crippen LogP contribution in [0.5, 0.6) is 5.75 Å². The topological polar surface area (TPSA) is 120 Å². The summed E-state index contributed by atoms with van der Waals surface area (Å²) < 4.78 is 7.80. The second-order valence-electron chi connectivity index (χ2n) is 11.7. The van der Waals surface area contributed by atoms with E-state index in [1.54, 1.807) is 14.4 Å². The Morgan fingerprint density at radius 3 is 2.31 bits per heavy atom. The van der Waals surface area contributed by atoms with Crippen LogP contribution >= 0.6 is 0 Å². The van der Waals surface area contributed by atoms with Gasteiger partial charge in [0.1, 0.15) is 18.5 Å². The Balaban J connectivity index is 0.00000141. The van der Waals surface area contributed by atoms with Gasteiger partial charge in [0.2, 0.25) is 11.3 Å². The van der Waals surface area contributed by atoms with E-state index in [9.17, 15) is 14.4 Å². The molecule has 0 spiro atoms. The maximum Gasteiger partial charge on any atom is 0.274 e. The SMILES string of the molecule is C=C(N[C@@H](C(=O)NCc1cc(=O)c(OCc2ccccc2)c2n1CCN(C(C)C)C2=O)c1ccccc1)C1=CN2C(=C)NN=C2C=C1.CC.CC. The van der Waals surface area contributed by atoms with Gasteiger partial charge in [0.25, 0.3) is 5.91 Å². The molecule has 0 radical (unpaired) electrons. The first kappa shape index (κ1) is 38.0. The Morgan fingerprint density at radius 2 is 1.65 bits per heavy atom. The van der Waals surface area contributed by atoms with Gasteiger partial charge in [-0.15, -0.1) is 0 Å². The fourth-order valence-electron chi connectivity index (χ4n) is 5.74. The summed E-state index contributed by atoms with van der Waals surface area (Å²) in [4.78, 5) is 44.6. The highest BCUT2D eigenvalue weighted by atomic mass is 16.5. The number of hydrogen-bond acceptors (Lipinski definition) is 8. The molecular weight excluding hydrogens is 642 g/mol. The highest BCUT2D eigenvalue weighted by Crippen LogP contribution is 2.26. The Bertz CT molecular complexity index is 1880. The molecule has 3 aliphatic heterocycles. The van der Waals surface area contributed by atoms with Gasteiger partial charge in [-0.05, 0) is 37.1 Å². The minimum Gasteiger partial charge on any atom is -0.483 e. The molecule has 1 aromatic heterocycles. The van der Waals surface area contributed by atoms with Gasteiger partial charge in [-0.2, -0.15) is 5.10 Å². The molecule has 51 heavy (non-hydrogen) atoms. The third-order valence-corrected chi connectivity index (χ3v) is 8.25. The van der Waals surface area contributed by atoms with Crippen molar-refractivity contribution in [1.82, 2.24) is 30.4 Å². The van der Waals surface area contributed by atoms with E-state index in [-0.39, 0.29) is 42.5 Å². The Labute approximate surface area is 300 Å². The molecule has 3 aliphatic rings. The quantitative estimate of drug-likeness (QED) is 0.228. The standard InChI is InChI=1S/C36H37N7O4.2C2H6/c1-23(2)41-17-18-42-29(19-30(44)34(33(42)36(41)46)47-22-26-11-7-5-8-12-26)20-37-35(45)32(27-13-9-6-10-14-27)38-24(3)28-15-16-31-40-39-25(4)43(31)21-28;2*1-2/h5-16,19,21,23,32,38-39H,3-4,17-18,20,22H2,1-2H3,(H,37,45);2*1-2H3/t32-;;/m1../s1. The van der Waals surface area contributed by atoms with E-state index in [4.69, 9.17) is 4.74 Å². The van der Waals surface area contributed by atoms with Gasteiger partial charge < -0.3 is 24.8 Å². The van der Waals surface area contributed by atoms with Gasteiger partial charge in [-0.1, -0.05) is 102 Å². The molecule has 11 heteroatoms. The van der Waals surface area contributed by atoms with Crippen LogP contribution in [0, 0.1) is 0 Å². The van der Waals surface area contributed by atoms with Crippen LogP contribution in [0.15, 0.2) is 125 Å². The molecule has 11 nitrogen and oxygen atoms in total. The normalized spacial score (nSPS) is 14.7. The first-order valence-electron chi connectivity index (χ1n) is 17.5. The number of nitrogens with one attached hydrogen (secondary N) is 3. The van der Waals surface area contributed by atoms with Crippen molar-refractivity contribution in [2.75, 3.05) is 6.54 Å². The number of pyridine rings is 1. The number of aromatic nitrogens is 1. The minimum atomic E-state index is -0.799. The second-order valence-corrected chi connectivity index (χ2v) is 11.7. The van der Waals surface area contributed by atoms with Crippen LogP contribution in [0.25, 0.3) is 0 Å². The van der Waals surface area contributed by atoms with Crippen molar-refractivity contribution in [2.45, 2.75) is 73.3 Å². The third kappa shape index (κ3) is 8.67. The number of rotatable bonds is 11. The number of carbonyl (C=O) groups is 2.